The Balaban J connectivity index is 2.18. The van der Waals surface area contributed by atoms with E-state index in [1.54, 1.807) is 0 Å². The molecule has 1 aromatic rings. The van der Waals surface area contributed by atoms with Gasteiger partial charge in [-0.15, -0.1) is 0 Å². The summed E-state index contributed by atoms with van der Waals surface area (Å²) in [7, 11) is 2.09. The molecule has 1 aromatic carbocycles. The average Bonchev–Trinajstić information content (AvgIpc) is 2.89. The number of nitrogens with zero attached hydrogens (tertiary/aromatic N) is 1. The molecular formula is C19H32N2. The lowest BCUT2D eigenvalue weighted by atomic mass is 9.96. The maximum absolute atomic E-state index is 3.56. The third-order valence-electron chi connectivity index (χ3n) is 5.33. The van der Waals surface area contributed by atoms with E-state index >= 15 is 0 Å². The van der Waals surface area contributed by atoms with Gasteiger partial charge in [-0.25, -0.2) is 0 Å². The molecule has 21 heavy (non-hydrogen) atoms. The van der Waals surface area contributed by atoms with Crippen LogP contribution < -0.4 is 5.32 Å². The van der Waals surface area contributed by atoms with Gasteiger partial charge in [-0.1, -0.05) is 38.1 Å². The third kappa shape index (κ3) is 3.49. The van der Waals surface area contributed by atoms with Crippen molar-refractivity contribution < 1.29 is 0 Å². The summed E-state index contributed by atoms with van der Waals surface area (Å²) < 4.78 is 0. The molecule has 0 amide bonds. The Hall–Kier alpha value is -0.860. The van der Waals surface area contributed by atoms with Crippen LogP contribution in [0.3, 0.4) is 0 Å². The average molecular weight is 288 g/mol. The first kappa shape index (κ1) is 16.5. The van der Waals surface area contributed by atoms with Crippen molar-refractivity contribution in [3.63, 3.8) is 0 Å². The maximum Gasteiger partial charge on any atom is 0.0473 e. The normalized spacial score (nSPS) is 26.0. The summed E-state index contributed by atoms with van der Waals surface area (Å²) in [6.45, 7) is 9.32. The van der Waals surface area contributed by atoms with Gasteiger partial charge in [0.05, 0.1) is 0 Å². The fourth-order valence-corrected chi connectivity index (χ4v) is 4.06. The highest BCUT2D eigenvalue weighted by molar-refractivity contribution is 5.26. The van der Waals surface area contributed by atoms with E-state index in [2.05, 4.69) is 69.2 Å². The second-order valence-corrected chi connectivity index (χ2v) is 6.54. The second-order valence-electron chi connectivity index (χ2n) is 6.54. The summed E-state index contributed by atoms with van der Waals surface area (Å²) in [6.07, 6.45) is 5.07. The summed E-state index contributed by atoms with van der Waals surface area (Å²) in [6, 6.07) is 11.6. The molecule has 4 atom stereocenters. The van der Waals surface area contributed by atoms with Crippen LogP contribution in [0.2, 0.25) is 0 Å². The van der Waals surface area contributed by atoms with Crippen LogP contribution in [0.1, 0.15) is 64.1 Å². The van der Waals surface area contributed by atoms with Crippen molar-refractivity contribution >= 4 is 0 Å². The lowest BCUT2D eigenvalue weighted by molar-refractivity contribution is 0.116. The fraction of sp³-hybridized carbons (Fsp3) is 0.684. The van der Waals surface area contributed by atoms with E-state index in [0.29, 0.717) is 18.1 Å². The number of likely N-dealkylation sites (N-methyl/N-ethyl adjacent to an activating group) is 1. The van der Waals surface area contributed by atoms with Gasteiger partial charge in [0.15, 0.2) is 0 Å². The number of rotatable bonds is 6. The Morgan fingerprint density at radius 3 is 2.38 bits per heavy atom. The molecule has 1 aliphatic rings. The van der Waals surface area contributed by atoms with Crippen LogP contribution >= 0.6 is 0 Å². The van der Waals surface area contributed by atoms with Gasteiger partial charge in [-0.05, 0) is 57.7 Å². The number of hydrogen-bond donors (Lipinski definition) is 1. The first-order valence-electron chi connectivity index (χ1n) is 8.65. The Bertz CT molecular complexity index is 426. The molecule has 0 bridgehead atoms. The van der Waals surface area contributed by atoms with Gasteiger partial charge in [-0.3, -0.25) is 4.90 Å². The molecule has 1 saturated heterocycles. The van der Waals surface area contributed by atoms with Crippen LogP contribution in [0.4, 0.5) is 0 Å². The summed E-state index contributed by atoms with van der Waals surface area (Å²) in [5.74, 6) is 0. The van der Waals surface area contributed by atoms with Crippen molar-refractivity contribution in [3.8, 4) is 0 Å². The predicted molar refractivity (Wildman–Crippen MR) is 91.7 cm³/mol. The number of benzene rings is 1. The van der Waals surface area contributed by atoms with E-state index in [-0.39, 0.29) is 0 Å². The van der Waals surface area contributed by atoms with Crippen LogP contribution in [0.5, 0.6) is 0 Å². The highest BCUT2D eigenvalue weighted by Crippen LogP contribution is 2.33. The topological polar surface area (TPSA) is 15.3 Å². The van der Waals surface area contributed by atoms with Gasteiger partial charge in [0.25, 0.3) is 0 Å². The Kier molecular flexibility index (Phi) is 5.83. The Morgan fingerprint density at radius 1 is 1.19 bits per heavy atom. The van der Waals surface area contributed by atoms with Crippen molar-refractivity contribution in [1.29, 1.82) is 0 Å². The lowest BCUT2D eigenvalue weighted by Crippen LogP contribution is -2.47. The van der Waals surface area contributed by atoms with E-state index in [1.165, 1.54) is 30.4 Å². The SMILES string of the molecule is CCc1ccc(C(NC)C(C)N2C(C)CCC2CC)cc1. The Labute approximate surface area is 130 Å². The molecule has 2 heteroatoms. The highest BCUT2D eigenvalue weighted by atomic mass is 15.2. The zero-order chi connectivity index (χ0) is 15.4. The van der Waals surface area contributed by atoms with Gasteiger partial charge in [0, 0.05) is 24.2 Å². The number of likely N-dealkylation sites (tertiary alicyclic amines) is 1. The third-order valence-corrected chi connectivity index (χ3v) is 5.33. The molecule has 0 aromatic heterocycles. The quantitative estimate of drug-likeness (QED) is 0.845. The number of nitrogens with one attached hydrogen (secondary N) is 1. The van der Waals surface area contributed by atoms with Gasteiger partial charge in [-0.2, -0.15) is 0 Å². The summed E-state index contributed by atoms with van der Waals surface area (Å²) >= 11 is 0. The van der Waals surface area contributed by atoms with Crippen molar-refractivity contribution in [3.05, 3.63) is 35.4 Å². The molecule has 1 heterocycles. The van der Waals surface area contributed by atoms with Crippen molar-refractivity contribution in [2.75, 3.05) is 7.05 Å². The molecule has 2 nitrogen and oxygen atoms in total. The molecule has 2 rings (SSSR count). The van der Waals surface area contributed by atoms with Crippen LogP contribution in [-0.4, -0.2) is 30.1 Å². The number of aryl methyl sites for hydroxylation is 1. The van der Waals surface area contributed by atoms with E-state index in [9.17, 15) is 0 Å². The lowest BCUT2D eigenvalue weighted by Gasteiger charge is -2.38. The van der Waals surface area contributed by atoms with Crippen LogP contribution in [0.25, 0.3) is 0 Å². The first-order valence-corrected chi connectivity index (χ1v) is 8.65. The number of hydrogen-bond acceptors (Lipinski definition) is 2. The first-order chi connectivity index (χ1) is 10.1. The minimum atomic E-state index is 0.408. The molecule has 118 valence electrons. The summed E-state index contributed by atoms with van der Waals surface area (Å²) in [5.41, 5.74) is 2.83. The van der Waals surface area contributed by atoms with Crippen LogP contribution in [0.15, 0.2) is 24.3 Å². The monoisotopic (exact) mass is 288 g/mol. The van der Waals surface area contributed by atoms with Crippen LogP contribution in [0, 0.1) is 0 Å². The summed E-state index contributed by atoms with van der Waals surface area (Å²) in [5, 5.41) is 3.56. The summed E-state index contributed by atoms with van der Waals surface area (Å²) in [4.78, 5) is 2.74. The molecule has 1 N–H and O–H groups in total. The fourth-order valence-electron chi connectivity index (χ4n) is 4.06. The van der Waals surface area contributed by atoms with Crippen molar-refractivity contribution in [2.45, 2.75) is 77.5 Å². The van der Waals surface area contributed by atoms with Gasteiger partial charge in [0.2, 0.25) is 0 Å². The largest absolute Gasteiger partial charge is 0.312 e. The van der Waals surface area contributed by atoms with Gasteiger partial charge >= 0.3 is 0 Å². The zero-order valence-electron chi connectivity index (χ0n) is 14.4. The molecule has 0 saturated carbocycles. The van der Waals surface area contributed by atoms with E-state index in [0.717, 1.165) is 12.5 Å². The minimum absolute atomic E-state index is 0.408. The molecular weight excluding hydrogens is 256 g/mol. The molecule has 0 aliphatic carbocycles. The molecule has 1 fully saturated rings. The van der Waals surface area contributed by atoms with Gasteiger partial charge < -0.3 is 5.32 Å². The molecule has 0 radical (unpaired) electrons. The standard InChI is InChI=1S/C19H32N2/c1-6-16-9-11-17(12-10-16)19(20-5)15(4)21-14(3)8-13-18(21)7-2/h9-12,14-15,18-20H,6-8,13H2,1-5H3. The minimum Gasteiger partial charge on any atom is -0.312 e. The Morgan fingerprint density at radius 2 is 1.86 bits per heavy atom. The maximum atomic E-state index is 3.56. The molecule has 1 aliphatic heterocycles. The predicted octanol–water partition coefficient (Wildman–Crippen LogP) is 4.16. The zero-order valence-corrected chi connectivity index (χ0v) is 14.4. The highest BCUT2D eigenvalue weighted by Gasteiger charge is 2.36. The van der Waals surface area contributed by atoms with Crippen molar-refractivity contribution in [1.82, 2.24) is 10.2 Å². The van der Waals surface area contributed by atoms with E-state index < -0.39 is 0 Å². The van der Waals surface area contributed by atoms with Gasteiger partial charge in [0.1, 0.15) is 0 Å². The molecule has 4 unspecified atom stereocenters. The van der Waals surface area contributed by atoms with E-state index in [1.807, 2.05) is 0 Å². The second kappa shape index (κ2) is 7.42. The van der Waals surface area contributed by atoms with Crippen molar-refractivity contribution in [2.24, 2.45) is 0 Å². The van der Waals surface area contributed by atoms with Crippen LogP contribution in [-0.2, 0) is 6.42 Å². The smallest absolute Gasteiger partial charge is 0.0473 e. The van der Waals surface area contributed by atoms with E-state index in [4.69, 9.17) is 0 Å². The molecule has 0 spiro atoms.